The molecule has 39 heavy (non-hydrogen) atoms. The van der Waals surface area contributed by atoms with E-state index in [0.29, 0.717) is 11.3 Å². The van der Waals surface area contributed by atoms with Crippen LogP contribution in [0.3, 0.4) is 0 Å². The lowest BCUT2D eigenvalue weighted by Crippen LogP contribution is -2.27. The van der Waals surface area contributed by atoms with Gasteiger partial charge in [-0.05, 0) is 49.2 Å². The minimum atomic E-state index is -1.32. The molecular formula is C30H23ClN2O6. The maximum Gasteiger partial charge on any atom is 0.340 e. The first-order valence-corrected chi connectivity index (χ1v) is 12.2. The second kappa shape index (κ2) is 11.7. The summed E-state index contributed by atoms with van der Waals surface area (Å²) in [6, 6.07) is 23.7. The molecule has 4 aromatic rings. The topological polar surface area (TPSA) is 116 Å². The molecule has 4 aromatic carbocycles. The quantitative estimate of drug-likeness (QED) is 0.116. The average Bonchev–Trinajstić information content (AvgIpc) is 2.93. The van der Waals surface area contributed by atoms with Crippen LogP contribution in [0.5, 0.6) is 0 Å². The maximum atomic E-state index is 13.4. The van der Waals surface area contributed by atoms with Crippen molar-refractivity contribution in [2.45, 2.75) is 20.0 Å². The lowest BCUT2D eigenvalue weighted by molar-refractivity contribution is -0.384. The lowest BCUT2D eigenvalue weighted by Gasteiger charge is -2.20. The van der Waals surface area contributed by atoms with Crippen molar-refractivity contribution >= 4 is 40.6 Å². The molecule has 0 radical (unpaired) electrons. The molecule has 0 aliphatic rings. The molecule has 1 atom stereocenters. The molecular weight excluding hydrogens is 520 g/mol. The zero-order valence-corrected chi connectivity index (χ0v) is 21.8. The Morgan fingerprint density at radius 3 is 2.23 bits per heavy atom. The Kier molecular flexibility index (Phi) is 8.17. The van der Waals surface area contributed by atoms with Gasteiger partial charge in [0.1, 0.15) is 5.02 Å². The minimum absolute atomic E-state index is 0.0291. The van der Waals surface area contributed by atoms with Crippen LogP contribution in [-0.2, 0) is 9.53 Å². The Labute approximate surface area is 229 Å². The third-order valence-corrected chi connectivity index (χ3v) is 6.33. The molecule has 1 N–H and O–H groups in total. The lowest BCUT2D eigenvalue weighted by atomic mass is 9.98. The van der Waals surface area contributed by atoms with E-state index in [4.69, 9.17) is 16.3 Å². The fraction of sp³-hybridized carbons (Fsp3) is 0.100. The number of halogens is 1. The number of anilines is 1. The van der Waals surface area contributed by atoms with Crippen molar-refractivity contribution in [1.29, 1.82) is 0 Å². The van der Waals surface area contributed by atoms with Crippen molar-refractivity contribution in [1.82, 2.24) is 0 Å². The summed E-state index contributed by atoms with van der Waals surface area (Å²) in [7, 11) is 0. The number of ether oxygens (including phenoxy) is 1. The number of ketones is 1. The maximum absolute atomic E-state index is 13.4. The molecule has 0 bridgehead atoms. The van der Waals surface area contributed by atoms with Crippen molar-refractivity contribution in [2.24, 2.45) is 0 Å². The van der Waals surface area contributed by atoms with E-state index in [1.165, 1.54) is 24.3 Å². The Morgan fingerprint density at radius 2 is 1.54 bits per heavy atom. The standard InChI is InChI=1S/C30H23ClN2O6/c1-18-12-13-19(2)25(16-18)32-29(35)28(20-8-4-3-5-9-20)39-30(36)23-11-7-6-10-22(23)27(34)21-14-15-24(31)26(17-21)33(37)38/h3-17,28H,1-2H3,(H,32,35). The summed E-state index contributed by atoms with van der Waals surface area (Å²) < 4.78 is 5.70. The highest BCUT2D eigenvalue weighted by atomic mass is 35.5. The molecule has 0 aliphatic carbocycles. The molecule has 0 aliphatic heterocycles. The Balaban J connectivity index is 1.66. The Morgan fingerprint density at radius 1 is 0.872 bits per heavy atom. The van der Waals surface area contributed by atoms with Crippen molar-refractivity contribution < 1.29 is 24.0 Å². The summed E-state index contributed by atoms with van der Waals surface area (Å²) in [6.45, 7) is 3.74. The predicted octanol–water partition coefficient (Wildman–Crippen LogP) is 6.63. The second-order valence-corrected chi connectivity index (χ2v) is 9.21. The normalized spacial score (nSPS) is 11.4. The number of esters is 1. The SMILES string of the molecule is Cc1ccc(C)c(NC(=O)C(OC(=O)c2ccccc2C(=O)c2ccc(Cl)c([N+](=O)[O-])c2)c2ccccc2)c1. The van der Waals surface area contributed by atoms with Crippen LogP contribution in [0.2, 0.25) is 5.02 Å². The van der Waals surface area contributed by atoms with E-state index in [-0.39, 0.29) is 21.7 Å². The number of amides is 1. The Hall–Kier alpha value is -4.82. The molecule has 0 saturated carbocycles. The van der Waals surface area contributed by atoms with E-state index < -0.39 is 34.4 Å². The van der Waals surface area contributed by atoms with Gasteiger partial charge in [-0.15, -0.1) is 0 Å². The van der Waals surface area contributed by atoms with Gasteiger partial charge >= 0.3 is 5.97 Å². The second-order valence-electron chi connectivity index (χ2n) is 8.80. The smallest absolute Gasteiger partial charge is 0.340 e. The molecule has 1 unspecified atom stereocenters. The largest absolute Gasteiger partial charge is 0.444 e. The number of aryl methyl sites for hydroxylation is 2. The fourth-order valence-electron chi connectivity index (χ4n) is 3.95. The van der Waals surface area contributed by atoms with E-state index in [1.807, 2.05) is 32.0 Å². The third-order valence-electron chi connectivity index (χ3n) is 6.01. The molecule has 0 spiro atoms. The number of benzene rings is 4. The van der Waals surface area contributed by atoms with Gasteiger partial charge in [-0.2, -0.15) is 0 Å². The van der Waals surface area contributed by atoms with E-state index >= 15 is 0 Å². The van der Waals surface area contributed by atoms with Gasteiger partial charge in [0.05, 0.1) is 10.5 Å². The molecule has 0 heterocycles. The highest BCUT2D eigenvalue weighted by molar-refractivity contribution is 6.33. The van der Waals surface area contributed by atoms with Gasteiger partial charge < -0.3 is 10.1 Å². The van der Waals surface area contributed by atoms with E-state index in [1.54, 1.807) is 42.5 Å². The van der Waals surface area contributed by atoms with E-state index in [2.05, 4.69) is 5.32 Å². The van der Waals surface area contributed by atoms with Crippen LogP contribution in [0.25, 0.3) is 0 Å². The molecule has 1 amide bonds. The van der Waals surface area contributed by atoms with Crippen LogP contribution >= 0.6 is 11.6 Å². The molecule has 4 rings (SSSR count). The van der Waals surface area contributed by atoms with Crippen molar-refractivity contribution in [3.05, 3.63) is 140 Å². The van der Waals surface area contributed by atoms with Crippen LogP contribution in [0.1, 0.15) is 49.1 Å². The van der Waals surface area contributed by atoms with Crippen LogP contribution in [0.4, 0.5) is 11.4 Å². The molecule has 0 saturated heterocycles. The molecule has 196 valence electrons. The van der Waals surface area contributed by atoms with E-state index in [0.717, 1.165) is 17.2 Å². The first kappa shape index (κ1) is 27.2. The summed E-state index contributed by atoms with van der Waals surface area (Å²) in [5.41, 5.74) is 2.19. The summed E-state index contributed by atoms with van der Waals surface area (Å²) in [4.78, 5) is 50.7. The number of nitro benzene ring substituents is 1. The fourth-order valence-corrected chi connectivity index (χ4v) is 4.14. The minimum Gasteiger partial charge on any atom is -0.444 e. The number of rotatable bonds is 8. The summed E-state index contributed by atoms with van der Waals surface area (Å²) >= 11 is 5.88. The first-order chi connectivity index (χ1) is 18.7. The van der Waals surface area contributed by atoms with Crippen LogP contribution in [0, 0.1) is 24.0 Å². The summed E-state index contributed by atoms with van der Waals surface area (Å²) in [5, 5.41) is 14.0. The summed E-state index contributed by atoms with van der Waals surface area (Å²) in [5.74, 6) is -2.12. The van der Waals surface area contributed by atoms with Crippen molar-refractivity contribution in [3.8, 4) is 0 Å². The number of hydrogen-bond donors (Lipinski definition) is 1. The van der Waals surface area contributed by atoms with Crippen molar-refractivity contribution in [2.75, 3.05) is 5.32 Å². The average molecular weight is 543 g/mol. The number of carbonyl (C=O) groups is 3. The van der Waals surface area contributed by atoms with Gasteiger partial charge in [-0.25, -0.2) is 4.79 Å². The van der Waals surface area contributed by atoms with E-state index in [9.17, 15) is 24.5 Å². The monoisotopic (exact) mass is 542 g/mol. The van der Waals surface area contributed by atoms with Gasteiger partial charge in [-0.1, -0.05) is 72.3 Å². The number of nitrogens with zero attached hydrogens (tertiary/aromatic N) is 1. The molecule has 9 heteroatoms. The van der Waals surface area contributed by atoms with Gasteiger partial charge in [0.15, 0.2) is 5.78 Å². The number of hydrogen-bond acceptors (Lipinski definition) is 6. The van der Waals surface area contributed by atoms with Gasteiger partial charge in [0.2, 0.25) is 6.10 Å². The highest BCUT2D eigenvalue weighted by Crippen LogP contribution is 2.28. The zero-order valence-electron chi connectivity index (χ0n) is 21.0. The number of carbonyl (C=O) groups excluding carboxylic acids is 3. The van der Waals surface area contributed by atoms with Gasteiger partial charge in [0.25, 0.3) is 11.6 Å². The molecule has 0 aromatic heterocycles. The van der Waals surface area contributed by atoms with Gasteiger partial charge in [-0.3, -0.25) is 19.7 Å². The molecule has 8 nitrogen and oxygen atoms in total. The van der Waals surface area contributed by atoms with Crippen LogP contribution in [0.15, 0.2) is 91.0 Å². The van der Waals surface area contributed by atoms with Crippen LogP contribution < -0.4 is 5.32 Å². The van der Waals surface area contributed by atoms with Crippen molar-refractivity contribution in [3.63, 3.8) is 0 Å². The molecule has 0 fully saturated rings. The third kappa shape index (κ3) is 6.19. The first-order valence-electron chi connectivity index (χ1n) is 11.9. The Bertz CT molecular complexity index is 1590. The zero-order chi connectivity index (χ0) is 28.1. The number of nitro groups is 1. The number of nitrogens with one attached hydrogen (secondary N) is 1. The highest BCUT2D eigenvalue weighted by Gasteiger charge is 2.29. The summed E-state index contributed by atoms with van der Waals surface area (Å²) in [6.07, 6.45) is -1.32. The predicted molar refractivity (Wildman–Crippen MR) is 147 cm³/mol. The van der Waals surface area contributed by atoms with Crippen LogP contribution in [-0.4, -0.2) is 22.6 Å². The van der Waals surface area contributed by atoms with Gasteiger partial charge in [0, 0.05) is 28.4 Å².